The van der Waals surface area contributed by atoms with Gasteiger partial charge < -0.3 is 15.0 Å². The first kappa shape index (κ1) is 17.9. The van der Waals surface area contributed by atoms with Gasteiger partial charge in [0.2, 0.25) is 0 Å². The molecule has 7 nitrogen and oxygen atoms in total. The molecule has 1 saturated heterocycles. The van der Waals surface area contributed by atoms with Crippen LogP contribution in [0.1, 0.15) is 33.6 Å². The number of carbonyl (C=O) groups excluding carboxylic acids is 1. The Bertz CT molecular complexity index is 644. The molecule has 1 N–H and O–H groups in total. The number of rotatable bonds is 3. The lowest BCUT2D eigenvalue weighted by atomic mass is 10.0. The highest BCUT2D eigenvalue weighted by Gasteiger charge is 2.25. The smallest absolute Gasteiger partial charge is 0.407 e. The summed E-state index contributed by atoms with van der Waals surface area (Å²) in [5, 5.41) is 6.40. The van der Waals surface area contributed by atoms with Crippen LogP contribution in [0.3, 0.4) is 0 Å². The van der Waals surface area contributed by atoms with E-state index in [1.54, 1.807) is 6.07 Å². The topological polar surface area (TPSA) is 90.3 Å². The maximum absolute atomic E-state index is 14.1. The van der Waals surface area contributed by atoms with Crippen molar-refractivity contribution in [1.82, 2.24) is 5.32 Å². The van der Waals surface area contributed by atoms with Crippen LogP contribution in [0.15, 0.2) is 23.3 Å². The van der Waals surface area contributed by atoms with Crippen molar-refractivity contribution in [2.75, 3.05) is 18.0 Å². The standard InChI is InChI=1S/C16H22FN5O2/c1-16(2,3)24-15(23)19-11-7-9-22(10-8-11)14-12(17)5-4-6-13(14)20-21-18/h4-6,11H,7-10H2,1-3H3,(H,19,23). The second kappa shape index (κ2) is 7.40. The number of hydrogen-bond donors (Lipinski definition) is 1. The van der Waals surface area contributed by atoms with Crippen molar-refractivity contribution in [2.24, 2.45) is 5.11 Å². The lowest BCUT2D eigenvalue weighted by molar-refractivity contribution is 0.0497. The first-order valence-corrected chi connectivity index (χ1v) is 7.88. The minimum atomic E-state index is -0.540. The molecular weight excluding hydrogens is 313 g/mol. The second-order valence-electron chi connectivity index (χ2n) is 6.70. The van der Waals surface area contributed by atoms with Crippen LogP contribution in [0.25, 0.3) is 10.4 Å². The number of halogens is 1. The van der Waals surface area contributed by atoms with Crippen molar-refractivity contribution in [3.05, 3.63) is 34.5 Å². The predicted octanol–water partition coefficient (Wildman–Crippen LogP) is 4.26. The minimum absolute atomic E-state index is 0.0224. The number of para-hydroxylation sites is 1. The molecule has 0 unspecified atom stereocenters. The molecule has 1 amide bonds. The summed E-state index contributed by atoms with van der Waals surface area (Å²) in [6.45, 7) is 6.53. The Balaban J connectivity index is 1.99. The number of azide groups is 1. The number of ether oxygens (including phenoxy) is 1. The number of nitrogens with zero attached hydrogens (tertiary/aromatic N) is 4. The molecule has 0 radical (unpaired) electrons. The summed E-state index contributed by atoms with van der Waals surface area (Å²) in [4.78, 5) is 16.4. The number of anilines is 1. The van der Waals surface area contributed by atoms with Gasteiger partial charge in [0.1, 0.15) is 11.4 Å². The molecule has 0 spiro atoms. The Morgan fingerprint density at radius 2 is 2.08 bits per heavy atom. The third-order valence-corrected chi connectivity index (χ3v) is 3.65. The molecular formula is C16H22FN5O2. The number of piperidine rings is 1. The van der Waals surface area contributed by atoms with Crippen molar-refractivity contribution < 1.29 is 13.9 Å². The maximum Gasteiger partial charge on any atom is 0.407 e. The Hall–Kier alpha value is -2.47. The Morgan fingerprint density at radius 3 is 2.67 bits per heavy atom. The van der Waals surface area contributed by atoms with Gasteiger partial charge in [-0.15, -0.1) is 0 Å². The second-order valence-corrected chi connectivity index (χ2v) is 6.70. The van der Waals surface area contributed by atoms with Gasteiger partial charge >= 0.3 is 6.09 Å². The summed E-state index contributed by atoms with van der Waals surface area (Å²) in [6, 6.07) is 4.42. The molecule has 8 heteroatoms. The zero-order valence-corrected chi connectivity index (χ0v) is 14.1. The van der Waals surface area contributed by atoms with Gasteiger partial charge in [-0.2, -0.15) is 0 Å². The molecule has 0 aromatic heterocycles. The van der Waals surface area contributed by atoms with Crippen LogP contribution < -0.4 is 10.2 Å². The monoisotopic (exact) mass is 335 g/mol. The molecule has 130 valence electrons. The molecule has 2 rings (SSSR count). The number of amides is 1. The van der Waals surface area contributed by atoms with Gasteiger partial charge in [-0.3, -0.25) is 0 Å². The van der Waals surface area contributed by atoms with Gasteiger partial charge in [-0.05, 0) is 45.2 Å². The molecule has 0 atom stereocenters. The largest absolute Gasteiger partial charge is 0.444 e. The van der Waals surface area contributed by atoms with E-state index < -0.39 is 17.5 Å². The van der Waals surface area contributed by atoms with Crippen LogP contribution in [0, 0.1) is 5.82 Å². The van der Waals surface area contributed by atoms with Crippen molar-refractivity contribution in [3.63, 3.8) is 0 Å². The molecule has 24 heavy (non-hydrogen) atoms. The zero-order valence-electron chi connectivity index (χ0n) is 14.1. The van der Waals surface area contributed by atoms with E-state index in [2.05, 4.69) is 15.3 Å². The third-order valence-electron chi connectivity index (χ3n) is 3.65. The van der Waals surface area contributed by atoms with Crippen LogP contribution in [-0.4, -0.2) is 30.8 Å². The molecule has 1 aliphatic rings. The van der Waals surface area contributed by atoms with E-state index in [0.29, 0.717) is 31.6 Å². The third kappa shape index (κ3) is 4.76. The highest BCUT2D eigenvalue weighted by Crippen LogP contribution is 2.33. The van der Waals surface area contributed by atoms with Crippen molar-refractivity contribution in [2.45, 2.75) is 45.3 Å². The highest BCUT2D eigenvalue weighted by atomic mass is 19.1. The summed E-state index contributed by atoms with van der Waals surface area (Å²) >= 11 is 0. The van der Waals surface area contributed by atoms with Crippen LogP contribution >= 0.6 is 0 Å². The minimum Gasteiger partial charge on any atom is -0.444 e. The van der Waals surface area contributed by atoms with E-state index in [1.807, 2.05) is 25.7 Å². The SMILES string of the molecule is CC(C)(C)OC(=O)NC1CCN(c2c(F)cccc2N=[N+]=[N-])CC1. The predicted molar refractivity (Wildman–Crippen MR) is 89.8 cm³/mol. The number of carbonyl (C=O) groups is 1. The summed E-state index contributed by atoms with van der Waals surface area (Å²) in [5.74, 6) is -0.418. The molecule has 1 aliphatic heterocycles. The van der Waals surface area contributed by atoms with Gasteiger partial charge in [0.25, 0.3) is 0 Å². The zero-order chi connectivity index (χ0) is 17.7. The normalized spacial score (nSPS) is 15.6. The average molecular weight is 335 g/mol. The lowest BCUT2D eigenvalue weighted by Gasteiger charge is -2.35. The van der Waals surface area contributed by atoms with Gasteiger partial charge in [-0.1, -0.05) is 17.2 Å². The number of nitrogens with one attached hydrogen (secondary N) is 1. The Kier molecular flexibility index (Phi) is 5.51. The molecule has 0 aliphatic carbocycles. The number of benzene rings is 1. The number of hydrogen-bond acceptors (Lipinski definition) is 4. The first-order valence-electron chi connectivity index (χ1n) is 7.88. The highest BCUT2D eigenvalue weighted by molar-refractivity contribution is 5.69. The maximum atomic E-state index is 14.1. The fraction of sp³-hybridized carbons (Fsp3) is 0.562. The molecule has 1 heterocycles. The fourth-order valence-electron chi connectivity index (χ4n) is 2.67. The van der Waals surface area contributed by atoms with E-state index in [4.69, 9.17) is 10.3 Å². The van der Waals surface area contributed by atoms with Gasteiger partial charge in [-0.25, -0.2) is 9.18 Å². The van der Waals surface area contributed by atoms with Gasteiger partial charge in [0.15, 0.2) is 0 Å². The molecule has 0 saturated carbocycles. The van der Waals surface area contributed by atoms with Crippen LogP contribution in [0.2, 0.25) is 0 Å². The van der Waals surface area contributed by atoms with Crippen LogP contribution in [0.5, 0.6) is 0 Å². The fourth-order valence-corrected chi connectivity index (χ4v) is 2.67. The van der Waals surface area contributed by atoms with E-state index >= 15 is 0 Å². The van der Waals surface area contributed by atoms with Crippen LogP contribution in [-0.2, 0) is 4.74 Å². The van der Waals surface area contributed by atoms with Crippen molar-refractivity contribution >= 4 is 17.5 Å². The molecule has 0 bridgehead atoms. The van der Waals surface area contributed by atoms with E-state index in [1.165, 1.54) is 12.1 Å². The van der Waals surface area contributed by atoms with Gasteiger partial charge in [0, 0.05) is 24.0 Å². The van der Waals surface area contributed by atoms with E-state index in [0.717, 1.165) is 0 Å². The quantitative estimate of drug-likeness (QED) is 0.508. The van der Waals surface area contributed by atoms with E-state index in [9.17, 15) is 9.18 Å². The van der Waals surface area contributed by atoms with E-state index in [-0.39, 0.29) is 11.7 Å². The first-order chi connectivity index (χ1) is 11.3. The molecule has 1 aromatic rings. The summed E-state index contributed by atoms with van der Waals surface area (Å²) in [5.41, 5.74) is 8.67. The summed E-state index contributed by atoms with van der Waals surface area (Å²) < 4.78 is 19.4. The van der Waals surface area contributed by atoms with Crippen LogP contribution in [0.4, 0.5) is 20.6 Å². The summed E-state index contributed by atoms with van der Waals surface area (Å²) in [7, 11) is 0. The molecule has 1 fully saturated rings. The Morgan fingerprint density at radius 1 is 1.42 bits per heavy atom. The average Bonchev–Trinajstić information content (AvgIpc) is 2.47. The Labute approximate surface area is 140 Å². The molecule has 1 aromatic carbocycles. The van der Waals surface area contributed by atoms with Crippen molar-refractivity contribution in [1.29, 1.82) is 0 Å². The lowest BCUT2D eigenvalue weighted by Crippen LogP contribution is -2.46. The summed E-state index contributed by atoms with van der Waals surface area (Å²) in [6.07, 6.45) is 0.869. The number of alkyl carbamates (subject to hydrolysis) is 1. The van der Waals surface area contributed by atoms with Crippen molar-refractivity contribution in [3.8, 4) is 0 Å². The van der Waals surface area contributed by atoms with Gasteiger partial charge in [0.05, 0.1) is 11.4 Å².